The third-order valence-electron chi connectivity index (χ3n) is 4.26. The van der Waals surface area contributed by atoms with E-state index in [2.05, 4.69) is 9.97 Å². The molecule has 0 saturated carbocycles. The van der Waals surface area contributed by atoms with Crippen molar-refractivity contribution in [2.45, 2.75) is 11.8 Å². The molecule has 0 aliphatic rings. The van der Waals surface area contributed by atoms with E-state index >= 15 is 0 Å². The minimum Gasteiger partial charge on any atom is -0.481 e. The number of methoxy groups -OCH3 is 1. The second-order valence-corrected chi connectivity index (χ2v) is 8.81. The van der Waals surface area contributed by atoms with Crippen molar-refractivity contribution in [3.63, 3.8) is 0 Å². The Labute approximate surface area is 168 Å². The highest BCUT2D eigenvalue weighted by Crippen LogP contribution is 2.35. The average Bonchev–Trinajstić information content (AvgIpc) is 2.99. The first-order chi connectivity index (χ1) is 12.8. The van der Waals surface area contributed by atoms with E-state index in [-0.39, 0.29) is 14.1 Å². The first-order valence-corrected chi connectivity index (χ1v) is 10.4. The van der Waals surface area contributed by atoms with Gasteiger partial charge in [-0.15, -0.1) is 0 Å². The lowest BCUT2D eigenvalue weighted by molar-refractivity contribution is 0.398. The summed E-state index contributed by atoms with van der Waals surface area (Å²) in [4.78, 5) is 8.32. The van der Waals surface area contributed by atoms with Crippen LogP contribution in [0.1, 0.15) is 5.56 Å². The lowest BCUT2D eigenvalue weighted by Gasteiger charge is -2.09. The van der Waals surface area contributed by atoms with E-state index in [1.165, 1.54) is 25.4 Å². The fraction of sp³-hybridized carbons (Fsp3) is 0.111. The van der Waals surface area contributed by atoms with E-state index in [9.17, 15) is 12.8 Å². The van der Waals surface area contributed by atoms with Gasteiger partial charge in [-0.25, -0.2) is 26.7 Å². The smallest absolute Gasteiger partial charge is 0.269 e. The molecule has 4 rings (SSSR count). The molecular weight excluding hydrogens is 484 g/mol. The van der Waals surface area contributed by atoms with Gasteiger partial charge in [-0.2, -0.15) is 0 Å². The lowest BCUT2D eigenvalue weighted by atomic mass is 10.2. The van der Waals surface area contributed by atoms with Gasteiger partial charge in [-0.1, -0.05) is 17.7 Å². The largest absolute Gasteiger partial charge is 0.481 e. The van der Waals surface area contributed by atoms with Crippen LogP contribution in [-0.4, -0.2) is 29.5 Å². The van der Waals surface area contributed by atoms with E-state index in [0.717, 1.165) is 15.7 Å². The first-order valence-electron chi connectivity index (χ1n) is 7.85. The Morgan fingerprint density at radius 2 is 1.85 bits per heavy atom. The minimum atomic E-state index is -3.97. The Balaban J connectivity index is 2.17. The molecule has 6 nitrogen and oxygen atoms in total. The number of pyridine rings is 2. The molecule has 0 bridgehead atoms. The van der Waals surface area contributed by atoms with Crippen molar-refractivity contribution in [1.29, 1.82) is 0 Å². The zero-order chi connectivity index (χ0) is 19.3. The van der Waals surface area contributed by atoms with Crippen molar-refractivity contribution in [2.75, 3.05) is 7.11 Å². The maximum absolute atomic E-state index is 14.2. The van der Waals surface area contributed by atoms with Crippen molar-refractivity contribution in [3.05, 3.63) is 57.7 Å². The standard InChI is InChI=1S/C18H13FIN3O3S/c1-10-3-5-11(6-4-10)27(24,25)23-14-9-21-15(26-2)7-12(14)16-17(20)13(19)8-22-18(16)23/h3-9H,1-2H3. The molecule has 0 aliphatic carbocycles. The summed E-state index contributed by atoms with van der Waals surface area (Å²) in [5.74, 6) is -0.222. The zero-order valence-corrected chi connectivity index (χ0v) is 17.2. The van der Waals surface area contributed by atoms with Gasteiger partial charge < -0.3 is 4.74 Å². The van der Waals surface area contributed by atoms with Gasteiger partial charge in [-0.3, -0.25) is 0 Å². The number of hydrogen-bond acceptors (Lipinski definition) is 5. The topological polar surface area (TPSA) is 74.1 Å². The number of benzene rings is 1. The maximum Gasteiger partial charge on any atom is 0.269 e. The molecule has 0 spiro atoms. The first kappa shape index (κ1) is 18.1. The maximum atomic E-state index is 14.2. The minimum absolute atomic E-state index is 0.115. The van der Waals surface area contributed by atoms with Gasteiger partial charge in [0.25, 0.3) is 10.0 Å². The molecule has 1 aromatic carbocycles. The fourth-order valence-electron chi connectivity index (χ4n) is 2.93. The van der Waals surface area contributed by atoms with Crippen molar-refractivity contribution >= 4 is 54.6 Å². The summed E-state index contributed by atoms with van der Waals surface area (Å²) >= 11 is 1.85. The van der Waals surface area contributed by atoms with Gasteiger partial charge in [0.05, 0.1) is 33.5 Å². The molecule has 0 aliphatic heterocycles. The number of nitrogens with zero attached hydrogens (tertiary/aromatic N) is 3. The molecule has 0 atom stereocenters. The summed E-state index contributed by atoms with van der Waals surface area (Å²) in [6.45, 7) is 1.87. The van der Waals surface area contributed by atoms with E-state index < -0.39 is 15.8 Å². The Morgan fingerprint density at radius 3 is 2.52 bits per heavy atom. The van der Waals surface area contributed by atoms with Gasteiger partial charge in [-0.05, 0) is 41.6 Å². The van der Waals surface area contributed by atoms with Crippen molar-refractivity contribution < 1.29 is 17.5 Å². The van der Waals surface area contributed by atoms with Gasteiger partial charge in [0, 0.05) is 16.8 Å². The average molecular weight is 497 g/mol. The van der Waals surface area contributed by atoms with Gasteiger partial charge in [0.2, 0.25) is 5.88 Å². The molecule has 0 fully saturated rings. The predicted octanol–water partition coefficient (Wildman–Crippen LogP) is 3.88. The summed E-state index contributed by atoms with van der Waals surface area (Å²) in [5.41, 5.74) is 1.39. The van der Waals surface area contributed by atoms with Crippen LogP contribution in [0, 0.1) is 16.3 Å². The Morgan fingerprint density at radius 1 is 1.15 bits per heavy atom. The van der Waals surface area contributed by atoms with Crippen molar-refractivity contribution in [3.8, 4) is 5.88 Å². The third kappa shape index (κ3) is 2.76. The van der Waals surface area contributed by atoms with Crippen molar-refractivity contribution in [2.24, 2.45) is 0 Å². The van der Waals surface area contributed by atoms with Crippen LogP contribution < -0.4 is 4.74 Å². The van der Waals surface area contributed by atoms with E-state index in [4.69, 9.17) is 4.74 Å². The highest BCUT2D eigenvalue weighted by molar-refractivity contribution is 14.1. The monoisotopic (exact) mass is 497 g/mol. The molecule has 4 aromatic rings. The molecule has 138 valence electrons. The number of halogens is 2. The molecule has 3 heterocycles. The van der Waals surface area contributed by atoms with E-state index in [1.807, 2.05) is 29.5 Å². The van der Waals surface area contributed by atoms with Crippen LogP contribution in [0.25, 0.3) is 21.9 Å². The summed E-state index contributed by atoms with van der Waals surface area (Å²) in [7, 11) is -2.51. The van der Waals surface area contributed by atoms with Crippen LogP contribution in [0.15, 0.2) is 47.6 Å². The van der Waals surface area contributed by atoms with Crippen LogP contribution >= 0.6 is 22.6 Å². The summed E-state index contributed by atoms with van der Waals surface area (Å²) in [6.07, 6.45) is 2.42. The Bertz CT molecular complexity index is 1300. The molecular formula is C18H13FIN3O3S. The van der Waals surface area contributed by atoms with Crippen LogP contribution in [0.2, 0.25) is 0 Å². The van der Waals surface area contributed by atoms with Gasteiger partial charge >= 0.3 is 0 Å². The molecule has 0 amide bonds. The summed E-state index contributed by atoms with van der Waals surface area (Å²) < 4.78 is 47.4. The second-order valence-electron chi connectivity index (χ2n) is 5.95. The van der Waals surface area contributed by atoms with Crippen LogP contribution in [0.4, 0.5) is 4.39 Å². The molecule has 3 aromatic heterocycles. The Hall–Kier alpha value is -2.27. The van der Waals surface area contributed by atoms with Crippen molar-refractivity contribution in [1.82, 2.24) is 13.9 Å². The molecule has 0 saturated heterocycles. The number of aryl methyl sites for hydroxylation is 1. The molecule has 27 heavy (non-hydrogen) atoms. The fourth-order valence-corrected chi connectivity index (χ4v) is 5.06. The summed E-state index contributed by atoms with van der Waals surface area (Å²) in [5, 5.41) is 0.908. The van der Waals surface area contributed by atoms with Crippen LogP contribution in [-0.2, 0) is 10.0 Å². The molecule has 9 heteroatoms. The number of ether oxygens (including phenoxy) is 1. The van der Waals surface area contributed by atoms with Gasteiger partial charge in [0.1, 0.15) is 0 Å². The predicted molar refractivity (Wildman–Crippen MR) is 108 cm³/mol. The van der Waals surface area contributed by atoms with E-state index in [0.29, 0.717) is 22.2 Å². The van der Waals surface area contributed by atoms with E-state index in [1.54, 1.807) is 18.2 Å². The second kappa shape index (κ2) is 6.41. The Kier molecular flexibility index (Phi) is 4.30. The lowest BCUT2D eigenvalue weighted by Crippen LogP contribution is -2.13. The van der Waals surface area contributed by atoms with Crippen LogP contribution in [0.5, 0.6) is 5.88 Å². The SMILES string of the molecule is COc1cc2c3c(I)c(F)cnc3n(S(=O)(=O)c3ccc(C)cc3)c2cn1. The summed E-state index contributed by atoms with van der Waals surface area (Å²) in [6, 6.07) is 8.10. The highest BCUT2D eigenvalue weighted by Gasteiger charge is 2.26. The molecule has 0 radical (unpaired) electrons. The van der Waals surface area contributed by atoms with Crippen LogP contribution in [0.3, 0.4) is 0 Å². The zero-order valence-electron chi connectivity index (χ0n) is 14.3. The quantitative estimate of drug-likeness (QED) is 0.402. The number of rotatable bonds is 3. The molecule has 0 N–H and O–H groups in total. The normalized spacial score (nSPS) is 12.0. The molecule has 0 unspecified atom stereocenters. The van der Waals surface area contributed by atoms with Gasteiger partial charge in [0.15, 0.2) is 11.5 Å². The third-order valence-corrected chi connectivity index (χ3v) is 7.03. The number of fused-ring (bicyclic) bond motifs is 3. The number of aromatic nitrogens is 3. The highest BCUT2D eigenvalue weighted by atomic mass is 127. The number of hydrogen-bond donors (Lipinski definition) is 0.